The Balaban J connectivity index is 1.92. The molecule has 0 amide bonds. The van der Waals surface area contributed by atoms with E-state index in [0.717, 1.165) is 19.4 Å². The first-order chi connectivity index (χ1) is 4.84. The number of carbonyl (C=O) groups is 1. The summed E-state index contributed by atoms with van der Waals surface area (Å²) >= 11 is 0. The molecule has 2 fully saturated rings. The van der Waals surface area contributed by atoms with Gasteiger partial charge in [-0.15, -0.1) is 0 Å². The van der Waals surface area contributed by atoms with Crippen LogP contribution in [-0.2, 0) is 9.53 Å². The van der Waals surface area contributed by atoms with Crippen LogP contribution in [0.25, 0.3) is 0 Å². The van der Waals surface area contributed by atoms with Crippen LogP contribution in [0.1, 0.15) is 19.8 Å². The second-order valence-electron chi connectivity index (χ2n) is 3.11. The lowest BCUT2D eigenvalue weighted by Gasteiger charge is -2.00. The second-order valence-corrected chi connectivity index (χ2v) is 3.11. The Bertz CT molecular complexity index is 165. The fraction of sp³-hybridized carbons (Fsp3) is 0.875. The number of hydrogen-bond acceptors (Lipinski definition) is 2. The molecule has 1 unspecified atom stereocenters. The van der Waals surface area contributed by atoms with Gasteiger partial charge in [-0.1, -0.05) is 0 Å². The summed E-state index contributed by atoms with van der Waals surface area (Å²) in [6.45, 7) is 2.74. The summed E-state index contributed by atoms with van der Waals surface area (Å²) in [7, 11) is 0. The maximum absolute atomic E-state index is 11.0. The molecule has 0 heterocycles. The average Bonchev–Trinajstić information content (AvgIpc) is 2.45. The molecule has 0 N–H and O–H groups in total. The first-order valence-electron chi connectivity index (χ1n) is 3.99. The molecule has 2 heteroatoms. The molecule has 2 nitrogen and oxygen atoms in total. The van der Waals surface area contributed by atoms with E-state index in [1.54, 1.807) is 0 Å². The van der Waals surface area contributed by atoms with E-state index in [1.807, 2.05) is 6.92 Å². The fourth-order valence-electron chi connectivity index (χ4n) is 2.00. The minimum Gasteiger partial charge on any atom is -0.377 e. The van der Waals surface area contributed by atoms with Gasteiger partial charge in [-0.3, -0.25) is 4.79 Å². The highest BCUT2D eigenvalue weighted by Gasteiger charge is 2.58. The Labute approximate surface area is 60.6 Å². The summed E-state index contributed by atoms with van der Waals surface area (Å²) in [4.78, 5) is 11.0. The molecule has 0 saturated heterocycles. The number of rotatable bonds is 2. The summed E-state index contributed by atoms with van der Waals surface area (Å²) in [6.07, 6.45) is 2.19. The largest absolute Gasteiger partial charge is 0.377 e. The SMILES string of the molecule is CCOC1[C@H]2C(=O)CC[C@@H]12. The van der Waals surface area contributed by atoms with Crippen molar-refractivity contribution in [1.29, 1.82) is 0 Å². The Morgan fingerprint density at radius 2 is 2.50 bits per heavy atom. The van der Waals surface area contributed by atoms with E-state index < -0.39 is 0 Å². The van der Waals surface area contributed by atoms with E-state index in [1.165, 1.54) is 0 Å². The van der Waals surface area contributed by atoms with Crippen LogP contribution >= 0.6 is 0 Å². The van der Waals surface area contributed by atoms with Gasteiger partial charge in [0.15, 0.2) is 0 Å². The molecule has 0 spiro atoms. The van der Waals surface area contributed by atoms with Crippen molar-refractivity contribution in [2.75, 3.05) is 6.61 Å². The zero-order chi connectivity index (χ0) is 7.14. The molecule has 0 aromatic heterocycles. The molecule has 0 aromatic rings. The molecule has 0 aromatic carbocycles. The van der Waals surface area contributed by atoms with Crippen molar-refractivity contribution in [2.24, 2.45) is 11.8 Å². The highest BCUT2D eigenvalue weighted by Crippen LogP contribution is 2.51. The minimum atomic E-state index is 0.306. The molecular formula is C8H12O2. The van der Waals surface area contributed by atoms with Crippen molar-refractivity contribution < 1.29 is 9.53 Å². The minimum absolute atomic E-state index is 0.306. The Hall–Kier alpha value is -0.370. The predicted molar refractivity (Wildman–Crippen MR) is 36.6 cm³/mol. The molecule has 0 bridgehead atoms. The standard InChI is InChI=1S/C8H12O2/c1-2-10-8-5-3-4-6(9)7(5)8/h5,7-8H,2-4H2,1H3/t5-,7-,8?/m1/s1. The highest BCUT2D eigenvalue weighted by molar-refractivity contribution is 5.87. The smallest absolute Gasteiger partial charge is 0.138 e. The zero-order valence-electron chi connectivity index (χ0n) is 6.17. The van der Waals surface area contributed by atoms with E-state index in [-0.39, 0.29) is 0 Å². The summed E-state index contributed by atoms with van der Waals surface area (Å²) in [5.74, 6) is 1.34. The van der Waals surface area contributed by atoms with E-state index in [9.17, 15) is 4.79 Å². The third-order valence-electron chi connectivity index (χ3n) is 2.55. The van der Waals surface area contributed by atoms with E-state index in [4.69, 9.17) is 4.74 Å². The van der Waals surface area contributed by atoms with Crippen LogP contribution < -0.4 is 0 Å². The molecule has 0 radical (unpaired) electrons. The second kappa shape index (κ2) is 2.06. The third-order valence-corrected chi connectivity index (χ3v) is 2.55. The normalized spacial score (nSPS) is 43.7. The molecule has 2 aliphatic carbocycles. The molecule has 56 valence electrons. The summed E-state index contributed by atoms with van der Waals surface area (Å²) < 4.78 is 5.37. The molecular weight excluding hydrogens is 128 g/mol. The van der Waals surface area contributed by atoms with Gasteiger partial charge in [0.1, 0.15) is 5.78 Å². The van der Waals surface area contributed by atoms with Crippen molar-refractivity contribution >= 4 is 5.78 Å². The molecule has 10 heavy (non-hydrogen) atoms. The number of fused-ring (bicyclic) bond motifs is 1. The van der Waals surface area contributed by atoms with E-state index >= 15 is 0 Å². The van der Waals surface area contributed by atoms with E-state index in [2.05, 4.69) is 0 Å². The average molecular weight is 140 g/mol. The van der Waals surface area contributed by atoms with Crippen LogP contribution in [0.5, 0.6) is 0 Å². The van der Waals surface area contributed by atoms with Gasteiger partial charge >= 0.3 is 0 Å². The number of Topliss-reactive ketones (excluding diaryl/α,β-unsaturated/α-hetero) is 1. The zero-order valence-corrected chi connectivity index (χ0v) is 6.17. The van der Waals surface area contributed by atoms with Crippen molar-refractivity contribution in [3.05, 3.63) is 0 Å². The topological polar surface area (TPSA) is 26.3 Å². The number of carbonyl (C=O) groups excluding carboxylic acids is 1. The lowest BCUT2D eigenvalue weighted by atomic mass is 10.2. The van der Waals surface area contributed by atoms with Crippen molar-refractivity contribution in [3.63, 3.8) is 0 Å². The van der Waals surface area contributed by atoms with Gasteiger partial charge in [-0.05, 0) is 19.3 Å². The van der Waals surface area contributed by atoms with Gasteiger partial charge in [0.2, 0.25) is 0 Å². The highest BCUT2D eigenvalue weighted by atomic mass is 16.5. The Morgan fingerprint density at radius 1 is 1.70 bits per heavy atom. The summed E-state index contributed by atoms with van der Waals surface area (Å²) in [5.41, 5.74) is 0. The Kier molecular flexibility index (Phi) is 1.31. The molecule has 2 rings (SSSR count). The molecule has 3 atom stereocenters. The number of hydrogen-bond donors (Lipinski definition) is 0. The van der Waals surface area contributed by atoms with Gasteiger partial charge in [0.05, 0.1) is 6.10 Å². The molecule has 0 aliphatic heterocycles. The van der Waals surface area contributed by atoms with Crippen LogP contribution in [0.4, 0.5) is 0 Å². The van der Waals surface area contributed by atoms with Crippen molar-refractivity contribution in [3.8, 4) is 0 Å². The maximum Gasteiger partial charge on any atom is 0.138 e. The predicted octanol–water partition coefficient (Wildman–Crippen LogP) is 1.00. The van der Waals surface area contributed by atoms with Gasteiger partial charge in [0.25, 0.3) is 0 Å². The quantitative estimate of drug-likeness (QED) is 0.572. The Morgan fingerprint density at radius 3 is 3.00 bits per heavy atom. The lowest BCUT2D eigenvalue weighted by molar-refractivity contribution is -0.120. The van der Waals surface area contributed by atoms with Crippen LogP contribution in [-0.4, -0.2) is 18.5 Å². The van der Waals surface area contributed by atoms with Gasteiger partial charge in [0, 0.05) is 18.9 Å². The van der Waals surface area contributed by atoms with Crippen molar-refractivity contribution in [1.82, 2.24) is 0 Å². The van der Waals surface area contributed by atoms with Crippen LogP contribution in [0, 0.1) is 11.8 Å². The number of ketones is 1. The van der Waals surface area contributed by atoms with E-state index in [0.29, 0.717) is 23.7 Å². The first-order valence-corrected chi connectivity index (χ1v) is 3.99. The van der Waals surface area contributed by atoms with Crippen molar-refractivity contribution in [2.45, 2.75) is 25.9 Å². The summed E-state index contributed by atoms with van der Waals surface area (Å²) in [5, 5.41) is 0. The first kappa shape index (κ1) is 6.35. The molecule has 2 saturated carbocycles. The number of ether oxygens (including phenoxy) is 1. The van der Waals surface area contributed by atoms with Crippen LogP contribution in [0.3, 0.4) is 0 Å². The molecule has 2 aliphatic rings. The van der Waals surface area contributed by atoms with Gasteiger partial charge in [-0.2, -0.15) is 0 Å². The van der Waals surface area contributed by atoms with Crippen LogP contribution in [0.15, 0.2) is 0 Å². The third kappa shape index (κ3) is 0.717. The van der Waals surface area contributed by atoms with Gasteiger partial charge < -0.3 is 4.74 Å². The monoisotopic (exact) mass is 140 g/mol. The summed E-state index contributed by atoms with van der Waals surface area (Å²) in [6, 6.07) is 0. The fourth-order valence-corrected chi connectivity index (χ4v) is 2.00. The maximum atomic E-state index is 11.0. The lowest BCUT2D eigenvalue weighted by Crippen LogP contribution is -2.06. The van der Waals surface area contributed by atoms with Crippen LogP contribution in [0.2, 0.25) is 0 Å². The van der Waals surface area contributed by atoms with Gasteiger partial charge in [-0.25, -0.2) is 0 Å².